The third kappa shape index (κ3) is 2.08. The van der Waals surface area contributed by atoms with Crippen molar-refractivity contribution in [2.24, 2.45) is 5.73 Å². The minimum Gasteiger partial charge on any atom is -0.366 e. The van der Waals surface area contributed by atoms with Gasteiger partial charge in [-0.1, -0.05) is 12.1 Å². The Labute approximate surface area is 103 Å². The first-order chi connectivity index (χ1) is 8.49. The van der Waals surface area contributed by atoms with E-state index in [1.165, 1.54) is 12.1 Å². The van der Waals surface area contributed by atoms with Gasteiger partial charge in [0, 0.05) is 29.1 Å². The number of primary amides is 1. The number of amides is 1. The van der Waals surface area contributed by atoms with E-state index in [9.17, 15) is 14.9 Å². The van der Waals surface area contributed by atoms with Crippen LogP contribution in [0.15, 0.2) is 30.3 Å². The van der Waals surface area contributed by atoms with E-state index in [0.29, 0.717) is 22.5 Å². The van der Waals surface area contributed by atoms with Crippen LogP contribution in [0, 0.1) is 17.0 Å². The molecule has 0 fully saturated rings. The van der Waals surface area contributed by atoms with Gasteiger partial charge in [0.1, 0.15) is 0 Å². The molecule has 92 valence electrons. The number of nitrogens with one attached hydrogen (secondary N) is 1. The fourth-order valence-corrected chi connectivity index (χ4v) is 1.76. The van der Waals surface area contributed by atoms with E-state index in [1.807, 2.05) is 0 Å². The second-order valence-electron chi connectivity index (χ2n) is 3.89. The number of nitrogens with two attached hydrogens (primary N) is 1. The van der Waals surface area contributed by atoms with Crippen molar-refractivity contribution in [1.82, 2.24) is 4.98 Å². The lowest BCUT2D eigenvalue weighted by Gasteiger charge is -1.97. The second kappa shape index (κ2) is 4.33. The van der Waals surface area contributed by atoms with Gasteiger partial charge in [-0.15, -0.1) is 0 Å². The van der Waals surface area contributed by atoms with Crippen LogP contribution in [0.25, 0.3) is 11.3 Å². The van der Waals surface area contributed by atoms with Crippen molar-refractivity contribution < 1.29 is 9.72 Å². The highest BCUT2D eigenvalue weighted by Gasteiger charge is 2.12. The van der Waals surface area contributed by atoms with Crippen molar-refractivity contribution >= 4 is 11.6 Å². The van der Waals surface area contributed by atoms with Gasteiger partial charge in [-0.05, 0) is 13.0 Å². The van der Waals surface area contributed by atoms with Gasteiger partial charge in [0.2, 0.25) is 0 Å². The number of non-ortho nitro benzene ring substituents is 1. The van der Waals surface area contributed by atoms with E-state index < -0.39 is 10.8 Å². The molecule has 0 unspecified atom stereocenters. The van der Waals surface area contributed by atoms with E-state index in [4.69, 9.17) is 5.73 Å². The lowest BCUT2D eigenvalue weighted by atomic mass is 10.1. The Hall–Kier alpha value is -2.63. The SMILES string of the molecule is Cc1[nH]c(-c2cccc([N+](=O)[O-])c2)cc1C(N)=O. The number of nitro groups is 1. The molecule has 0 bridgehead atoms. The maximum absolute atomic E-state index is 11.1. The van der Waals surface area contributed by atoms with Gasteiger partial charge in [0.05, 0.1) is 10.5 Å². The van der Waals surface area contributed by atoms with E-state index in [0.717, 1.165) is 0 Å². The molecule has 18 heavy (non-hydrogen) atoms. The highest BCUT2D eigenvalue weighted by molar-refractivity contribution is 5.95. The zero-order valence-electron chi connectivity index (χ0n) is 9.64. The lowest BCUT2D eigenvalue weighted by Crippen LogP contribution is -2.10. The average Bonchev–Trinajstić information content (AvgIpc) is 2.71. The van der Waals surface area contributed by atoms with Gasteiger partial charge in [-0.3, -0.25) is 14.9 Å². The third-order valence-electron chi connectivity index (χ3n) is 2.65. The van der Waals surface area contributed by atoms with E-state index in [2.05, 4.69) is 4.98 Å². The molecule has 0 saturated carbocycles. The smallest absolute Gasteiger partial charge is 0.270 e. The largest absolute Gasteiger partial charge is 0.366 e. The average molecular weight is 245 g/mol. The van der Waals surface area contributed by atoms with E-state index in [-0.39, 0.29) is 5.69 Å². The minimum atomic E-state index is -0.527. The van der Waals surface area contributed by atoms with Crippen LogP contribution in [0.5, 0.6) is 0 Å². The number of carbonyl (C=O) groups excluding carboxylic acids is 1. The summed E-state index contributed by atoms with van der Waals surface area (Å²) in [5.74, 6) is -0.527. The van der Waals surface area contributed by atoms with Crippen LogP contribution < -0.4 is 5.73 Å². The summed E-state index contributed by atoms with van der Waals surface area (Å²) in [6, 6.07) is 7.76. The number of H-pyrrole nitrogens is 1. The topological polar surface area (TPSA) is 102 Å². The number of hydrogen-bond acceptors (Lipinski definition) is 3. The summed E-state index contributed by atoms with van der Waals surface area (Å²) in [7, 11) is 0. The Morgan fingerprint density at radius 2 is 2.11 bits per heavy atom. The molecule has 6 heteroatoms. The minimum absolute atomic E-state index is 0.000350. The molecule has 1 aromatic heterocycles. The van der Waals surface area contributed by atoms with Gasteiger partial charge >= 0.3 is 0 Å². The molecule has 1 heterocycles. The van der Waals surface area contributed by atoms with Crippen molar-refractivity contribution in [3.8, 4) is 11.3 Å². The number of benzene rings is 1. The number of nitro benzene ring substituents is 1. The molecule has 0 spiro atoms. The number of rotatable bonds is 3. The monoisotopic (exact) mass is 245 g/mol. The Morgan fingerprint density at radius 1 is 1.39 bits per heavy atom. The molecule has 6 nitrogen and oxygen atoms in total. The van der Waals surface area contributed by atoms with Crippen molar-refractivity contribution in [3.05, 3.63) is 51.7 Å². The summed E-state index contributed by atoms with van der Waals surface area (Å²) in [4.78, 5) is 24.3. The van der Waals surface area contributed by atoms with Crippen LogP contribution in [-0.4, -0.2) is 15.8 Å². The fourth-order valence-electron chi connectivity index (χ4n) is 1.76. The number of aryl methyl sites for hydroxylation is 1. The number of aromatic nitrogens is 1. The highest BCUT2D eigenvalue weighted by atomic mass is 16.6. The Morgan fingerprint density at radius 3 is 2.67 bits per heavy atom. The number of nitrogens with zero attached hydrogens (tertiary/aromatic N) is 1. The zero-order chi connectivity index (χ0) is 13.3. The fraction of sp³-hybridized carbons (Fsp3) is 0.0833. The lowest BCUT2D eigenvalue weighted by molar-refractivity contribution is -0.384. The molecule has 0 radical (unpaired) electrons. The molecule has 2 aromatic rings. The van der Waals surface area contributed by atoms with E-state index in [1.54, 1.807) is 25.1 Å². The van der Waals surface area contributed by atoms with Crippen LogP contribution in [0.1, 0.15) is 16.1 Å². The molecule has 0 aliphatic rings. The summed E-state index contributed by atoms with van der Waals surface area (Å²) in [6.45, 7) is 1.72. The maximum Gasteiger partial charge on any atom is 0.270 e. The van der Waals surface area contributed by atoms with Crippen molar-refractivity contribution in [2.75, 3.05) is 0 Å². The summed E-state index contributed by atoms with van der Waals surface area (Å²) in [6.07, 6.45) is 0. The summed E-state index contributed by atoms with van der Waals surface area (Å²) >= 11 is 0. The first-order valence-corrected chi connectivity index (χ1v) is 5.23. The number of carbonyl (C=O) groups is 1. The van der Waals surface area contributed by atoms with Crippen LogP contribution in [-0.2, 0) is 0 Å². The van der Waals surface area contributed by atoms with Crippen molar-refractivity contribution in [1.29, 1.82) is 0 Å². The molecule has 2 rings (SSSR count). The van der Waals surface area contributed by atoms with Crippen molar-refractivity contribution in [3.63, 3.8) is 0 Å². The molecular formula is C12H11N3O3. The predicted molar refractivity (Wildman–Crippen MR) is 66.1 cm³/mol. The van der Waals surface area contributed by atoms with Gasteiger partial charge in [-0.25, -0.2) is 0 Å². The van der Waals surface area contributed by atoms with Crippen LogP contribution in [0.4, 0.5) is 5.69 Å². The van der Waals surface area contributed by atoms with Gasteiger partial charge in [0.25, 0.3) is 11.6 Å². The molecule has 1 aromatic carbocycles. The third-order valence-corrected chi connectivity index (χ3v) is 2.65. The van der Waals surface area contributed by atoms with Crippen LogP contribution in [0.2, 0.25) is 0 Å². The molecule has 0 saturated heterocycles. The van der Waals surface area contributed by atoms with Gasteiger partial charge in [-0.2, -0.15) is 0 Å². The molecule has 3 N–H and O–H groups in total. The van der Waals surface area contributed by atoms with Gasteiger partial charge < -0.3 is 10.7 Å². The Bertz CT molecular complexity index is 631. The summed E-state index contributed by atoms with van der Waals surface area (Å²) in [5, 5.41) is 10.7. The normalized spacial score (nSPS) is 10.3. The molecular weight excluding hydrogens is 234 g/mol. The van der Waals surface area contributed by atoms with Gasteiger partial charge in [0.15, 0.2) is 0 Å². The second-order valence-corrected chi connectivity index (χ2v) is 3.89. The maximum atomic E-state index is 11.1. The first-order valence-electron chi connectivity index (χ1n) is 5.23. The predicted octanol–water partition coefficient (Wildman–Crippen LogP) is 2.00. The zero-order valence-corrected chi connectivity index (χ0v) is 9.64. The Balaban J connectivity index is 2.49. The van der Waals surface area contributed by atoms with Crippen LogP contribution >= 0.6 is 0 Å². The number of hydrogen-bond donors (Lipinski definition) is 2. The summed E-state index contributed by atoms with van der Waals surface area (Å²) in [5.41, 5.74) is 7.51. The standard InChI is InChI=1S/C12H11N3O3/c1-7-10(12(13)16)6-11(14-7)8-3-2-4-9(5-8)15(17)18/h2-6,14H,1H3,(H2,13,16). The Kier molecular flexibility index (Phi) is 2.85. The molecule has 0 aliphatic carbocycles. The molecule has 1 amide bonds. The quantitative estimate of drug-likeness (QED) is 0.638. The molecule has 0 atom stereocenters. The van der Waals surface area contributed by atoms with E-state index >= 15 is 0 Å². The first kappa shape index (κ1) is 11.8. The highest BCUT2D eigenvalue weighted by Crippen LogP contribution is 2.24. The molecule has 0 aliphatic heterocycles. The summed E-state index contributed by atoms with van der Waals surface area (Å²) < 4.78 is 0. The van der Waals surface area contributed by atoms with Crippen LogP contribution in [0.3, 0.4) is 0 Å². The van der Waals surface area contributed by atoms with Crippen molar-refractivity contribution in [2.45, 2.75) is 6.92 Å². The number of aromatic amines is 1.